The highest BCUT2D eigenvalue weighted by Gasteiger charge is 2.34. The first kappa shape index (κ1) is 15.7. The molecule has 1 aliphatic rings. The second-order valence-corrected chi connectivity index (χ2v) is 5.53. The highest BCUT2D eigenvalue weighted by molar-refractivity contribution is 6.00. The van der Waals surface area contributed by atoms with E-state index in [1.807, 2.05) is 30.3 Å². The van der Waals surface area contributed by atoms with Crippen LogP contribution >= 0.6 is 0 Å². The standard InChI is InChI=1S/C18H17N3O3/c22-16-9-5-4-6-13(16)11-19-20-18(24)14-10-17(23)21(12-14)15-7-2-1-3-8-15/h1-9,11,14,22H,10,12H2,(H,20,24)/b19-11-/t14-/m1/s1. The van der Waals surface area contributed by atoms with Gasteiger partial charge in [0.2, 0.25) is 11.8 Å². The van der Waals surface area contributed by atoms with Crippen molar-refractivity contribution in [2.75, 3.05) is 11.4 Å². The fraction of sp³-hybridized carbons (Fsp3) is 0.167. The number of phenols is 1. The number of hydrogen-bond donors (Lipinski definition) is 2. The Morgan fingerprint density at radius 3 is 2.62 bits per heavy atom. The van der Waals surface area contributed by atoms with E-state index < -0.39 is 5.92 Å². The van der Waals surface area contributed by atoms with Crippen LogP contribution in [0.3, 0.4) is 0 Å². The minimum Gasteiger partial charge on any atom is -0.507 e. The number of carbonyl (C=O) groups is 2. The van der Waals surface area contributed by atoms with Crippen LogP contribution in [0.15, 0.2) is 59.7 Å². The van der Waals surface area contributed by atoms with Gasteiger partial charge in [-0.15, -0.1) is 0 Å². The zero-order chi connectivity index (χ0) is 16.9. The maximum atomic E-state index is 12.2. The molecule has 2 aromatic carbocycles. The predicted octanol–water partition coefficient (Wildman–Crippen LogP) is 1.90. The number of hydrogen-bond acceptors (Lipinski definition) is 4. The third-order valence-corrected chi connectivity index (χ3v) is 3.88. The van der Waals surface area contributed by atoms with E-state index in [4.69, 9.17) is 0 Å². The highest BCUT2D eigenvalue weighted by Crippen LogP contribution is 2.24. The van der Waals surface area contributed by atoms with Gasteiger partial charge >= 0.3 is 0 Å². The van der Waals surface area contributed by atoms with Crippen LogP contribution in [0.25, 0.3) is 0 Å². The number of amides is 2. The molecule has 1 fully saturated rings. The van der Waals surface area contributed by atoms with E-state index in [0.717, 1.165) is 5.69 Å². The summed E-state index contributed by atoms with van der Waals surface area (Å²) < 4.78 is 0. The molecule has 0 unspecified atom stereocenters. The Labute approximate surface area is 139 Å². The number of para-hydroxylation sites is 2. The molecule has 0 aromatic heterocycles. The predicted molar refractivity (Wildman–Crippen MR) is 90.7 cm³/mol. The zero-order valence-electron chi connectivity index (χ0n) is 12.9. The first-order valence-corrected chi connectivity index (χ1v) is 7.61. The molecular weight excluding hydrogens is 306 g/mol. The van der Waals surface area contributed by atoms with Gasteiger partial charge in [-0.3, -0.25) is 9.59 Å². The van der Waals surface area contributed by atoms with Crippen LogP contribution in [-0.2, 0) is 9.59 Å². The van der Waals surface area contributed by atoms with Gasteiger partial charge in [-0.25, -0.2) is 5.43 Å². The lowest BCUT2D eigenvalue weighted by atomic mass is 10.1. The molecule has 2 aromatic rings. The van der Waals surface area contributed by atoms with Crippen molar-refractivity contribution in [1.29, 1.82) is 0 Å². The van der Waals surface area contributed by atoms with Crippen molar-refractivity contribution < 1.29 is 14.7 Å². The van der Waals surface area contributed by atoms with E-state index in [9.17, 15) is 14.7 Å². The third kappa shape index (κ3) is 3.43. The minimum atomic E-state index is -0.445. The first-order valence-electron chi connectivity index (χ1n) is 7.61. The normalized spacial score (nSPS) is 17.4. The quantitative estimate of drug-likeness (QED) is 0.666. The van der Waals surface area contributed by atoms with Gasteiger partial charge in [-0.2, -0.15) is 5.10 Å². The first-order chi connectivity index (χ1) is 11.6. The topological polar surface area (TPSA) is 82.0 Å². The molecule has 1 aliphatic heterocycles. The van der Waals surface area contributed by atoms with E-state index in [2.05, 4.69) is 10.5 Å². The molecule has 0 bridgehead atoms. The molecule has 6 nitrogen and oxygen atoms in total. The van der Waals surface area contributed by atoms with Gasteiger partial charge in [0, 0.05) is 24.2 Å². The van der Waals surface area contributed by atoms with E-state index >= 15 is 0 Å². The largest absolute Gasteiger partial charge is 0.507 e. The van der Waals surface area contributed by atoms with Crippen LogP contribution in [0.1, 0.15) is 12.0 Å². The zero-order valence-corrected chi connectivity index (χ0v) is 12.9. The van der Waals surface area contributed by atoms with Crippen molar-refractivity contribution >= 4 is 23.7 Å². The lowest BCUT2D eigenvalue weighted by molar-refractivity contribution is -0.126. The molecule has 1 saturated heterocycles. The Bertz CT molecular complexity index is 774. The Kier molecular flexibility index (Phi) is 4.56. The van der Waals surface area contributed by atoms with Crippen molar-refractivity contribution in [2.24, 2.45) is 11.0 Å². The number of benzene rings is 2. The van der Waals surface area contributed by atoms with Gasteiger partial charge in [0.1, 0.15) is 5.75 Å². The van der Waals surface area contributed by atoms with Crippen LogP contribution in [0.2, 0.25) is 0 Å². The lowest BCUT2D eigenvalue weighted by Crippen LogP contribution is -2.30. The molecule has 0 saturated carbocycles. The van der Waals surface area contributed by atoms with Gasteiger partial charge in [0.15, 0.2) is 0 Å². The van der Waals surface area contributed by atoms with Gasteiger partial charge in [-0.1, -0.05) is 30.3 Å². The number of nitrogens with one attached hydrogen (secondary N) is 1. The molecule has 0 radical (unpaired) electrons. The molecule has 6 heteroatoms. The molecular formula is C18H17N3O3. The maximum absolute atomic E-state index is 12.2. The minimum absolute atomic E-state index is 0.0777. The van der Waals surface area contributed by atoms with E-state index in [1.54, 1.807) is 23.1 Å². The number of carbonyl (C=O) groups excluding carboxylic acids is 2. The van der Waals surface area contributed by atoms with Crippen LogP contribution in [0.4, 0.5) is 5.69 Å². The monoisotopic (exact) mass is 323 g/mol. The number of nitrogens with zero attached hydrogens (tertiary/aromatic N) is 2. The van der Waals surface area contributed by atoms with Crippen molar-refractivity contribution in [2.45, 2.75) is 6.42 Å². The number of hydrazone groups is 1. The summed E-state index contributed by atoms with van der Waals surface area (Å²) in [6.45, 7) is 0.334. The Morgan fingerprint density at radius 1 is 1.17 bits per heavy atom. The molecule has 2 amide bonds. The van der Waals surface area contributed by atoms with Crippen LogP contribution in [0.5, 0.6) is 5.75 Å². The number of rotatable bonds is 4. The van der Waals surface area contributed by atoms with Crippen molar-refractivity contribution in [3.8, 4) is 5.75 Å². The van der Waals surface area contributed by atoms with Gasteiger partial charge < -0.3 is 10.0 Å². The molecule has 122 valence electrons. The molecule has 0 aliphatic carbocycles. The summed E-state index contributed by atoms with van der Waals surface area (Å²) in [5.41, 5.74) is 3.73. The van der Waals surface area contributed by atoms with E-state index in [0.29, 0.717) is 12.1 Å². The number of aromatic hydroxyl groups is 1. The average Bonchev–Trinajstić information content (AvgIpc) is 2.99. The molecule has 0 spiro atoms. The Morgan fingerprint density at radius 2 is 1.88 bits per heavy atom. The summed E-state index contributed by atoms with van der Waals surface area (Å²) in [5.74, 6) is -0.750. The van der Waals surface area contributed by atoms with Crippen LogP contribution < -0.4 is 10.3 Å². The van der Waals surface area contributed by atoms with Crippen LogP contribution in [0, 0.1) is 5.92 Å². The summed E-state index contributed by atoms with van der Waals surface area (Å²) in [7, 11) is 0. The summed E-state index contributed by atoms with van der Waals surface area (Å²) in [4.78, 5) is 25.9. The van der Waals surface area contributed by atoms with Gasteiger partial charge in [-0.05, 0) is 24.3 Å². The highest BCUT2D eigenvalue weighted by atomic mass is 16.3. The van der Waals surface area contributed by atoms with Crippen molar-refractivity contribution in [1.82, 2.24) is 5.43 Å². The summed E-state index contributed by atoms with van der Waals surface area (Å²) in [5, 5.41) is 13.5. The van der Waals surface area contributed by atoms with E-state index in [1.165, 1.54) is 12.3 Å². The fourth-order valence-electron chi connectivity index (χ4n) is 2.59. The van der Waals surface area contributed by atoms with E-state index in [-0.39, 0.29) is 24.0 Å². The van der Waals surface area contributed by atoms with Crippen LogP contribution in [-0.4, -0.2) is 29.7 Å². The molecule has 24 heavy (non-hydrogen) atoms. The van der Waals surface area contributed by atoms with Crippen molar-refractivity contribution in [3.05, 3.63) is 60.2 Å². The summed E-state index contributed by atoms with van der Waals surface area (Å²) in [6.07, 6.45) is 1.53. The molecule has 3 rings (SSSR count). The second kappa shape index (κ2) is 6.95. The van der Waals surface area contributed by atoms with Gasteiger partial charge in [0.05, 0.1) is 12.1 Å². The molecule has 1 atom stereocenters. The Hall–Kier alpha value is -3.15. The lowest BCUT2D eigenvalue weighted by Gasteiger charge is -2.16. The summed E-state index contributed by atoms with van der Waals surface area (Å²) >= 11 is 0. The van der Waals surface area contributed by atoms with Crippen molar-refractivity contribution in [3.63, 3.8) is 0 Å². The third-order valence-electron chi connectivity index (χ3n) is 3.88. The SMILES string of the molecule is O=C(N/N=C\c1ccccc1O)[C@@H]1CC(=O)N(c2ccccc2)C1. The second-order valence-electron chi connectivity index (χ2n) is 5.53. The molecule has 2 N–H and O–H groups in total. The summed E-state index contributed by atoms with van der Waals surface area (Å²) in [6, 6.07) is 16.0. The maximum Gasteiger partial charge on any atom is 0.245 e. The average molecular weight is 323 g/mol. The Balaban J connectivity index is 1.60. The fourth-order valence-corrected chi connectivity index (χ4v) is 2.59. The smallest absolute Gasteiger partial charge is 0.245 e. The molecule has 1 heterocycles. The van der Waals surface area contributed by atoms with Gasteiger partial charge in [0.25, 0.3) is 0 Å². The number of anilines is 1. The number of phenolic OH excluding ortho intramolecular Hbond substituents is 1.